The monoisotopic (exact) mass is 351 g/mol. The zero-order valence-corrected chi connectivity index (χ0v) is 14.8. The summed E-state index contributed by atoms with van der Waals surface area (Å²) in [5, 5.41) is 9.16. The van der Waals surface area contributed by atoms with Crippen LogP contribution in [0.5, 0.6) is 5.75 Å². The highest BCUT2D eigenvalue weighted by Crippen LogP contribution is 2.42. The van der Waals surface area contributed by atoms with Crippen molar-refractivity contribution in [2.75, 3.05) is 13.1 Å². The maximum Gasteiger partial charge on any atom is 0.407 e. The average molecular weight is 351 g/mol. The Morgan fingerprint density at radius 1 is 1.46 bits per heavy atom. The van der Waals surface area contributed by atoms with Crippen LogP contribution in [0.2, 0.25) is 0 Å². The SMILES string of the molecule is CC(C)(C)[S+]([O-])/N=C1\c2ccncc2OC12CCN(C(=O)O)CC2. The Morgan fingerprint density at radius 2 is 2.12 bits per heavy atom. The second kappa shape index (κ2) is 5.93. The molecule has 2 aliphatic rings. The van der Waals surface area contributed by atoms with Crippen LogP contribution in [-0.4, -0.2) is 54.8 Å². The lowest BCUT2D eigenvalue weighted by Gasteiger charge is -2.37. The maximum absolute atomic E-state index is 12.6. The molecule has 24 heavy (non-hydrogen) atoms. The molecule has 1 saturated heterocycles. The van der Waals surface area contributed by atoms with Crippen LogP contribution in [-0.2, 0) is 11.4 Å². The lowest BCUT2D eigenvalue weighted by Crippen LogP contribution is -2.52. The van der Waals surface area contributed by atoms with Crippen molar-refractivity contribution < 1.29 is 19.2 Å². The minimum Gasteiger partial charge on any atom is -0.591 e. The Bertz CT molecular complexity index is 678. The Balaban J connectivity index is 1.98. The Morgan fingerprint density at radius 3 is 2.71 bits per heavy atom. The summed E-state index contributed by atoms with van der Waals surface area (Å²) in [7, 11) is 0. The number of carbonyl (C=O) groups is 1. The third-order valence-electron chi connectivity index (χ3n) is 4.32. The summed E-state index contributed by atoms with van der Waals surface area (Å²) in [6.07, 6.45) is 3.31. The van der Waals surface area contributed by atoms with E-state index in [1.54, 1.807) is 12.4 Å². The van der Waals surface area contributed by atoms with E-state index >= 15 is 0 Å². The van der Waals surface area contributed by atoms with Gasteiger partial charge in [0.1, 0.15) is 27.6 Å². The summed E-state index contributed by atoms with van der Waals surface area (Å²) in [6.45, 7) is 6.33. The molecule has 3 rings (SSSR count). The van der Waals surface area contributed by atoms with E-state index in [0.29, 0.717) is 37.4 Å². The van der Waals surface area contributed by atoms with Gasteiger partial charge in [0.2, 0.25) is 0 Å². The molecular formula is C16H21N3O4S. The number of amides is 1. The van der Waals surface area contributed by atoms with Crippen LogP contribution in [0.3, 0.4) is 0 Å². The van der Waals surface area contributed by atoms with Crippen LogP contribution < -0.4 is 4.74 Å². The Kier molecular flexibility index (Phi) is 4.21. The second-order valence-electron chi connectivity index (χ2n) is 7.04. The number of carboxylic acid groups (broad SMARTS) is 1. The number of aromatic nitrogens is 1. The molecule has 8 heteroatoms. The highest BCUT2D eigenvalue weighted by Gasteiger charge is 2.50. The van der Waals surface area contributed by atoms with E-state index in [-0.39, 0.29) is 0 Å². The summed E-state index contributed by atoms with van der Waals surface area (Å²) in [5.41, 5.74) is 0.725. The van der Waals surface area contributed by atoms with Crippen LogP contribution in [0, 0.1) is 0 Å². The van der Waals surface area contributed by atoms with E-state index in [2.05, 4.69) is 9.38 Å². The first kappa shape index (κ1) is 17.0. The third-order valence-corrected chi connectivity index (χ3v) is 5.71. The highest BCUT2D eigenvalue weighted by atomic mass is 32.2. The van der Waals surface area contributed by atoms with E-state index in [1.165, 1.54) is 4.90 Å². The molecule has 1 fully saturated rings. The molecule has 1 aromatic heterocycles. The molecule has 0 saturated carbocycles. The molecule has 1 aromatic rings. The van der Waals surface area contributed by atoms with Gasteiger partial charge in [-0.25, -0.2) is 4.79 Å². The number of likely N-dealkylation sites (tertiary alicyclic amines) is 1. The summed E-state index contributed by atoms with van der Waals surface area (Å²) in [4.78, 5) is 16.6. The van der Waals surface area contributed by atoms with Gasteiger partial charge in [-0.15, -0.1) is 0 Å². The van der Waals surface area contributed by atoms with E-state index in [9.17, 15) is 9.35 Å². The second-order valence-corrected chi connectivity index (χ2v) is 8.94. The van der Waals surface area contributed by atoms with Crippen LogP contribution in [0.1, 0.15) is 39.2 Å². The summed E-state index contributed by atoms with van der Waals surface area (Å²) in [6, 6.07) is 1.81. The van der Waals surface area contributed by atoms with Crippen molar-refractivity contribution in [2.24, 2.45) is 4.40 Å². The van der Waals surface area contributed by atoms with Crippen molar-refractivity contribution in [1.82, 2.24) is 9.88 Å². The number of pyridine rings is 1. The molecule has 0 aromatic carbocycles. The number of fused-ring (bicyclic) bond motifs is 1. The molecule has 1 N–H and O–H groups in total. The zero-order chi connectivity index (χ0) is 17.5. The molecule has 130 valence electrons. The number of nitrogens with zero attached hydrogens (tertiary/aromatic N) is 3. The molecule has 1 unspecified atom stereocenters. The molecule has 3 heterocycles. The van der Waals surface area contributed by atoms with Crippen LogP contribution in [0.25, 0.3) is 0 Å². The fourth-order valence-electron chi connectivity index (χ4n) is 2.91. The first-order chi connectivity index (χ1) is 11.2. The average Bonchev–Trinajstić information content (AvgIpc) is 2.80. The minimum atomic E-state index is -1.42. The van der Waals surface area contributed by atoms with Gasteiger partial charge in [0.05, 0.1) is 6.20 Å². The van der Waals surface area contributed by atoms with E-state index in [0.717, 1.165) is 5.56 Å². The van der Waals surface area contributed by atoms with Gasteiger partial charge in [-0.05, 0) is 26.8 Å². The Hall–Kier alpha value is -1.80. The smallest absolute Gasteiger partial charge is 0.407 e. The normalized spacial score (nSPS) is 22.3. The Labute approximate surface area is 144 Å². The van der Waals surface area contributed by atoms with E-state index < -0.39 is 27.8 Å². The van der Waals surface area contributed by atoms with E-state index in [1.807, 2.05) is 26.8 Å². The van der Waals surface area contributed by atoms with Gasteiger partial charge >= 0.3 is 6.09 Å². The van der Waals surface area contributed by atoms with Crippen molar-refractivity contribution in [3.8, 4) is 5.75 Å². The molecule has 1 amide bonds. The standard InChI is InChI=1S/C16H21N3O4S/c1-15(2,3)24(22)18-13-11-4-7-17-10-12(11)23-16(13)5-8-19(9-6-16)14(20)21/h4,7,10H,5-6,8-9H2,1-3H3,(H,20,21)/b18-13+. The topological polar surface area (TPSA) is 98.1 Å². The van der Waals surface area contributed by atoms with Crippen LogP contribution in [0.15, 0.2) is 22.9 Å². The highest BCUT2D eigenvalue weighted by molar-refractivity contribution is 7.91. The third kappa shape index (κ3) is 2.95. The molecule has 1 atom stereocenters. The largest absolute Gasteiger partial charge is 0.591 e. The number of piperidine rings is 1. The lowest BCUT2D eigenvalue weighted by molar-refractivity contribution is 0.0626. The van der Waals surface area contributed by atoms with Crippen molar-refractivity contribution in [2.45, 2.75) is 44.0 Å². The molecule has 2 aliphatic heterocycles. The first-order valence-corrected chi connectivity index (χ1v) is 8.96. The lowest BCUT2D eigenvalue weighted by atomic mass is 9.85. The molecule has 1 spiro atoms. The summed E-state index contributed by atoms with van der Waals surface area (Å²) < 4.78 is 22.7. The molecular weight excluding hydrogens is 330 g/mol. The number of ether oxygens (including phenoxy) is 1. The zero-order valence-electron chi connectivity index (χ0n) is 14.0. The molecule has 0 bridgehead atoms. The maximum atomic E-state index is 12.6. The summed E-state index contributed by atoms with van der Waals surface area (Å²) in [5.74, 6) is 0.617. The fourth-order valence-corrected chi connectivity index (χ4v) is 3.62. The van der Waals surface area contributed by atoms with Gasteiger partial charge in [0.15, 0.2) is 5.60 Å². The van der Waals surface area contributed by atoms with Gasteiger partial charge in [-0.2, -0.15) is 0 Å². The van der Waals surface area contributed by atoms with Gasteiger partial charge in [-0.3, -0.25) is 4.98 Å². The number of rotatable bonds is 1. The molecule has 0 aliphatic carbocycles. The predicted octanol–water partition coefficient (Wildman–Crippen LogP) is 2.24. The predicted molar refractivity (Wildman–Crippen MR) is 90.9 cm³/mol. The molecule has 7 nitrogen and oxygen atoms in total. The van der Waals surface area contributed by atoms with Crippen LogP contribution >= 0.6 is 0 Å². The minimum absolute atomic E-state index is 0.359. The first-order valence-electron chi connectivity index (χ1n) is 7.85. The van der Waals surface area contributed by atoms with Crippen molar-refractivity contribution in [3.05, 3.63) is 24.0 Å². The van der Waals surface area contributed by atoms with Crippen molar-refractivity contribution in [1.29, 1.82) is 0 Å². The van der Waals surface area contributed by atoms with Gasteiger partial charge in [-0.1, -0.05) is 4.40 Å². The van der Waals surface area contributed by atoms with E-state index in [4.69, 9.17) is 9.84 Å². The summed E-state index contributed by atoms with van der Waals surface area (Å²) >= 11 is -1.42. The van der Waals surface area contributed by atoms with Crippen molar-refractivity contribution in [3.63, 3.8) is 0 Å². The van der Waals surface area contributed by atoms with Gasteiger partial charge in [0, 0.05) is 37.7 Å². The van der Waals surface area contributed by atoms with Crippen LogP contribution in [0.4, 0.5) is 4.79 Å². The van der Waals surface area contributed by atoms with Gasteiger partial charge < -0.3 is 19.3 Å². The van der Waals surface area contributed by atoms with Crippen molar-refractivity contribution >= 4 is 23.2 Å². The number of hydrogen-bond donors (Lipinski definition) is 1. The quantitative estimate of drug-likeness (QED) is 0.783. The molecule has 0 radical (unpaired) electrons. The van der Waals surface area contributed by atoms with Gasteiger partial charge in [0.25, 0.3) is 0 Å². The number of hydrogen-bond acceptors (Lipinski definition) is 5. The fraction of sp³-hybridized carbons (Fsp3) is 0.562.